The van der Waals surface area contributed by atoms with Gasteiger partial charge in [-0.05, 0) is 24.3 Å². The largest absolute Gasteiger partial charge is 0.483 e. The quantitative estimate of drug-likeness (QED) is 0.309. The van der Waals surface area contributed by atoms with E-state index in [0.29, 0.717) is 37.1 Å². The maximum atomic E-state index is 10.9. The minimum absolute atomic E-state index is 0.232. The monoisotopic (exact) mass is 748 g/mol. The molecule has 10 nitrogen and oxygen atoms in total. The lowest BCUT2D eigenvalue weighted by atomic mass is 10.1. The molecule has 17 heteroatoms. The van der Waals surface area contributed by atoms with E-state index in [9.17, 15) is 27.0 Å². The van der Waals surface area contributed by atoms with E-state index < -0.39 is 43.6 Å². The van der Waals surface area contributed by atoms with Crippen molar-refractivity contribution in [1.29, 1.82) is 0 Å². The first-order valence-corrected chi connectivity index (χ1v) is 16.8. The van der Waals surface area contributed by atoms with Crippen molar-refractivity contribution in [1.82, 2.24) is 0 Å². The normalized spacial score (nSPS) is 21.9. The van der Waals surface area contributed by atoms with Crippen LogP contribution in [0.3, 0.4) is 0 Å². The van der Waals surface area contributed by atoms with Gasteiger partial charge in [0.2, 0.25) is 9.05 Å². The van der Waals surface area contributed by atoms with Crippen LogP contribution in [0.5, 0.6) is 11.5 Å². The second-order valence-electron chi connectivity index (χ2n) is 7.67. The number of aliphatic hydroxyl groups excluding tert-OH is 3. The Hall–Kier alpha value is -0.390. The Balaban J connectivity index is 0.000000225. The highest BCUT2D eigenvalue weighted by atomic mass is 79.9. The first-order chi connectivity index (χ1) is 16.9. The fourth-order valence-electron chi connectivity index (χ4n) is 3.13. The van der Waals surface area contributed by atoms with Gasteiger partial charge in [-0.3, -0.25) is 4.18 Å². The number of hydrogen-bond acceptors (Lipinski definition) is 10. The van der Waals surface area contributed by atoms with Crippen molar-refractivity contribution in [3.8, 4) is 11.5 Å². The average Bonchev–Trinajstić information content (AvgIpc) is 3.23. The fourth-order valence-corrected chi connectivity index (χ4v) is 5.27. The van der Waals surface area contributed by atoms with Gasteiger partial charge in [-0.2, -0.15) is 8.42 Å². The number of halogens is 5. The highest BCUT2D eigenvalue weighted by molar-refractivity contribution is 9.10. The zero-order chi connectivity index (χ0) is 28.3. The number of ether oxygens (including phenoxy) is 2. The van der Waals surface area contributed by atoms with Crippen LogP contribution in [0.25, 0.3) is 0 Å². The van der Waals surface area contributed by atoms with Gasteiger partial charge in [-0.1, -0.05) is 55.1 Å². The molecular formula is C20H21Br2Cl3O10S2. The number of benzene rings is 2. The molecule has 208 valence electrons. The van der Waals surface area contributed by atoms with Gasteiger partial charge in [0.15, 0.2) is 12.2 Å². The topological polar surface area (TPSA) is 157 Å². The van der Waals surface area contributed by atoms with Crippen molar-refractivity contribution in [2.75, 3.05) is 25.7 Å². The molecular weight excluding hydrogens is 731 g/mol. The molecule has 4 rings (SSSR count). The molecule has 0 saturated carbocycles. The van der Waals surface area contributed by atoms with E-state index in [4.69, 9.17) is 37.8 Å². The maximum absolute atomic E-state index is 10.9. The molecule has 2 aliphatic heterocycles. The molecule has 3 N–H and O–H groups in total. The first-order valence-electron chi connectivity index (χ1n) is 9.93. The summed E-state index contributed by atoms with van der Waals surface area (Å²) in [6.45, 7) is -0.494. The Morgan fingerprint density at radius 1 is 0.865 bits per heavy atom. The van der Waals surface area contributed by atoms with Crippen molar-refractivity contribution < 1.29 is 45.8 Å². The highest BCUT2D eigenvalue weighted by Gasteiger charge is 2.36. The van der Waals surface area contributed by atoms with Gasteiger partial charge >= 0.3 is 0 Å². The van der Waals surface area contributed by atoms with Gasteiger partial charge in [-0.15, -0.1) is 0 Å². The zero-order valence-corrected chi connectivity index (χ0v) is 26.0. The minimum Gasteiger partial charge on any atom is -0.483 e. The van der Waals surface area contributed by atoms with Crippen molar-refractivity contribution in [3.63, 3.8) is 0 Å². The number of fused-ring (bicyclic) bond motifs is 2. The summed E-state index contributed by atoms with van der Waals surface area (Å²) in [7, 11) is -2.27. The average molecular weight is 752 g/mol. The standard InChI is InChI=1S/C10H10BrClO5S.C9H8BrClO3.CH3ClO2S/c1-18(14,15)16-4-8-9(13)6-2-5(11)3-7(12)10(6)17-8;10-4-1-5-8(13)7(3-12)14-9(5)6(11)2-4;1-5(2,3)4/h2-3,8-9,13H,4H2,1H3;1-2,7-8,12-13H,3H2;1H3. The first kappa shape index (κ1) is 32.8. The summed E-state index contributed by atoms with van der Waals surface area (Å²) in [6, 6.07) is 6.73. The van der Waals surface area contributed by atoms with Crippen LogP contribution in [0.2, 0.25) is 10.0 Å². The molecule has 0 spiro atoms. The Morgan fingerprint density at radius 2 is 1.24 bits per heavy atom. The van der Waals surface area contributed by atoms with E-state index in [1.807, 2.05) is 0 Å². The van der Waals surface area contributed by atoms with Crippen LogP contribution in [-0.4, -0.2) is 70.1 Å². The van der Waals surface area contributed by atoms with Gasteiger partial charge < -0.3 is 24.8 Å². The van der Waals surface area contributed by atoms with Crippen LogP contribution < -0.4 is 9.47 Å². The number of rotatable bonds is 4. The summed E-state index contributed by atoms with van der Waals surface area (Å²) >= 11 is 18.4. The molecule has 0 radical (unpaired) electrons. The molecule has 0 aromatic heterocycles. The van der Waals surface area contributed by atoms with Crippen molar-refractivity contribution in [2.45, 2.75) is 24.4 Å². The van der Waals surface area contributed by atoms with Gasteiger partial charge in [0.1, 0.15) is 30.3 Å². The highest BCUT2D eigenvalue weighted by Crippen LogP contribution is 2.44. The van der Waals surface area contributed by atoms with Crippen molar-refractivity contribution in [3.05, 3.63) is 54.4 Å². The third kappa shape index (κ3) is 9.94. The summed E-state index contributed by atoms with van der Waals surface area (Å²) in [6.07, 6.45) is -1.33. The molecule has 2 aromatic rings. The van der Waals surface area contributed by atoms with Gasteiger partial charge in [-0.25, -0.2) is 8.42 Å². The van der Waals surface area contributed by atoms with Crippen LogP contribution in [0.1, 0.15) is 23.3 Å². The molecule has 37 heavy (non-hydrogen) atoms. The van der Waals surface area contributed by atoms with Crippen LogP contribution in [0, 0.1) is 0 Å². The molecule has 4 unspecified atom stereocenters. The van der Waals surface area contributed by atoms with Crippen molar-refractivity contribution >= 4 is 84.9 Å². The Bertz CT molecular complexity index is 1330. The van der Waals surface area contributed by atoms with E-state index in [1.54, 1.807) is 24.3 Å². The van der Waals surface area contributed by atoms with Gasteiger partial charge in [0.05, 0.1) is 29.2 Å². The lowest BCUT2D eigenvalue weighted by molar-refractivity contribution is 0.0279. The molecule has 0 saturated heterocycles. The minimum atomic E-state index is -3.57. The Morgan fingerprint density at radius 3 is 1.62 bits per heavy atom. The molecule has 2 aromatic carbocycles. The van der Waals surface area contributed by atoms with Gasteiger partial charge in [0, 0.05) is 30.8 Å². The molecule has 4 atom stereocenters. The van der Waals surface area contributed by atoms with Crippen LogP contribution in [0.4, 0.5) is 0 Å². The van der Waals surface area contributed by atoms with E-state index in [0.717, 1.165) is 17.0 Å². The smallest absolute Gasteiger partial charge is 0.264 e. The van der Waals surface area contributed by atoms with Crippen LogP contribution in [-0.2, 0) is 23.4 Å². The fraction of sp³-hybridized carbons (Fsp3) is 0.400. The van der Waals surface area contributed by atoms with E-state index >= 15 is 0 Å². The molecule has 0 bridgehead atoms. The lowest BCUT2D eigenvalue weighted by Crippen LogP contribution is -2.26. The summed E-state index contributed by atoms with van der Waals surface area (Å²) in [5.41, 5.74) is 1.12. The zero-order valence-electron chi connectivity index (χ0n) is 18.9. The SMILES string of the molecule is CS(=O)(=O)Cl.CS(=O)(=O)OCC1Oc2c(Cl)cc(Br)cc2C1O.OCC1Oc2c(Cl)cc(Br)cc2C1O. The molecule has 0 amide bonds. The predicted octanol–water partition coefficient (Wildman–Crippen LogP) is 3.95. The molecule has 2 aliphatic rings. The third-order valence-electron chi connectivity index (χ3n) is 4.58. The van der Waals surface area contributed by atoms with Crippen LogP contribution >= 0.6 is 65.7 Å². The third-order valence-corrected chi connectivity index (χ3v) is 6.62. The van der Waals surface area contributed by atoms with E-state index in [1.165, 1.54) is 0 Å². The molecule has 2 heterocycles. The van der Waals surface area contributed by atoms with Crippen molar-refractivity contribution in [2.24, 2.45) is 0 Å². The molecule has 0 aliphatic carbocycles. The maximum Gasteiger partial charge on any atom is 0.264 e. The molecule has 0 fully saturated rings. The lowest BCUT2D eigenvalue weighted by Gasteiger charge is -2.13. The number of hydrogen-bond donors (Lipinski definition) is 3. The van der Waals surface area contributed by atoms with Gasteiger partial charge in [0.25, 0.3) is 10.1 Å². The Kier molecular flexibility index (Phi) is 11.8. The van der Waals surface area contributed by atoms with E-state index in [2.05, 4.69) is 46.7 Å². The second kappa shape index (κ2) is 13.3. The van der Waals surface area contributed by atoms with E-state index in [-0.39, 0.29) is 13.2 Å². The summed E-state index contributed by atoms with van der Waals surface area (Å²) in [5, 5.41) is 29.4. The summed E-state index contributed by atoms with van der Waals surface area (Å²) in [4.78, 5) is 0. The number of aliphatic hydroxyl groups is 3. The summed E-state index contributed by atoms with van der Waals surface area (Å²) in [5.74, 6) is 0.816. The van der Waals surface area contributed by atoms with Crippen LogP contribution in [0.15, 0.2) is 33.2 Å². The summed E-state index contributed by atoms with van der Waals surface area (Å²) < 4.78 is 57.4. The Labute approximate surface area is 245 Å². The predicted molar refractivity (Wildman–Crippen MR) is 146 cm³/mol. The second-order valence-corrected chi connectivity index (χ2v) is 15.0.